The molecule has 0 saturated heterocycles. The second-order valence-electron chi connectivity index (χ2n) is 5.76. The van der Waals surface area contributed by atoms with Gasteiger partial charge >= 0.3 is 0 Å². The number of aliphatic hydroxyl groups excluding tert-OH is 1. The van der Waals surface area contributed by atoms with Crippen LogP contribution >= 0.6 is 0 Å². The summed E-state index contributed by atoms with van der Waals surface area (Å²) in [6.07, 6.45) is 2.81. The van der Waals surface area contributed by atoms with Gasteiger partial charge in [-0.15, -0.1) is 0 Å². The SMILES string of the molecule is COC1(CNS(=O)(=O)c2cc(CO)cc(C)c2C)CCC1. The summed E-state index contributed by atoms with van der Waals surface area (Å²) in [6, 6.07) is 3.34. The van der Waals surface area contributed by atoms with E-state index in [1.165, 1.54) is 6.07 Å². The lowest BCUT2D eigenvalue weighted by Crippen LogP contribution is -2.49. The van der Waals surface area contributed by atoms with Crippen molar-refractivity contribution in [2.75, 3.05) is 13.7 Å². The molecule has 2 rings (SSSR count). The molecule has 5 nitrogen and oxygen atoms in total. The van der Waals surface area contributed by atoms with Crippen molar-refractivity contribution < 1.29 is 18.3 Å². The summed E-state index contributed by atoms with van der Waals surface area (Å²) >= 11 is 0. The molecule has 6 heteroatoms. The molecule has 0 heterocycles. The van der Waals surface area contributed by atoms with Crippen LogP contribution in [0, 0.1) is 13.8 Å². The predicted octanol–water partition coefficient (Wildman–Crippen LogP) is 1.64. The Morgan fingerprint density at radius 3 is 2.48 bits per heavy atom. The molecule has 1 fully saturated rings. The highest BCUT2D eigenvalue weighted by molar-refractivity contribution is 7.89. The standard InChI is InChI=1S/C15H23NO4S/c1-11-7-13(9-17)8-14(12(11)2)21(18,19)16-10-15(20-3)5-4-6-15/h7-8,16-17H,4-6,9-10H2,1-3H3. The maximum atomic E-state index is 12.5. The van der Waals surface area contributed by atoms with Crippen LogP contribution in [0.25, 0.3) is 0 Å². The van der Waals surface area contributed by atoms with Gasteiger partial charge in [-0.1, -0.05) is 6.07 Å². The van der Waals surface area contributed by atoms with Crippen molar-refractivity contribution in [1.29, 1.82) is 0 Å². The molecule has 0 unspecified atom stereocenters. The molecular formula is C15H23NO4S. The van der Waals surface area contributed by atoms with E-state index >= 15 is 0 Å². The lowest BCUT2D eigenvalue weighted by Gasteiger charge is -2.40. The van der Waals surface area contributed by atoms with Crippen molar-refractivity contribution in [3.05, 3.63) is 28.8 Å². The molecule has 21 heavy (non-hydrogen) atoms. The molecule has 0 aliphatic heterocycles. The number of sulfonamides is 1. The minimum atomic E-state index is -3.61. The number of hydrogen-bond acceptors (Lipinski definition) is 4. The van der Waals surface area contributed by atoms with E-state index in [1.54, 1.807) is 20.1 Å². The predicted molar refractivity (Wildman–Crippen MR) is 80.6 cm³/mol. The summed E-state index contributed by atoms with van der Waals surface area (Å²) in [6.45, 7) is 3.73. The van der Waals surface area contributed by atoms with Gasteiger partial charge in [0.2, 0.25) is 10.0 Å². The Balaban J connectivity index is 2.25. The first kappa shape index (κ1) is 16.4. The highest BCUT2D eigenvalue weighted by Gasteiger charge is 2.38. The molecule has 2 N–H and O–H groups in total. The largest absolute Gasteiger partial charge is 0.392 e. The monoisotopic (exact) mass is 313 g/mol. The molecule has 0 aromatic heterocycles. The molecule has 0 spiro atoms. The average Bonchev–Trinajstić information content (AvgIpc) is 2.40. The summed E-state index contributed by atoms with van der Waals surface area (Å²) in [7, 11) is -1.99. The molecule has 0 atom stereocenters. The Hall–Kier alpha value is -0.950. The molecular weight excluding hydrogens is 290 g/mol. The third-order valence-corrected chi connectivity index (χ3v) is 5.96. The van der Waals surface area contributed by atoms with Gasteiger partial charge in [0.15, 0.2) is 0 Å². The second kappa shape index (κ2) is 6.04. The second-order valence-corrected chi connectivity index (χ2v) is 7.49. The Labute approximate surface area is 126 Å². The fourth-order valence-electron chi connectivity index (χ4n) is 2.60. The molecule has 1 saturated carbocycles. The lowest BCUT2D eigenvalue weighted by atomic mass is 9.80. The van der Waals surface area contributed by atoms with Gasteiger partial charge in [-0.05, 0) is 55.9 Å². The fourth-order valence-corrected chi connectivity index (χ4v) is 4.08. The topological polar surface area (TPSA) is 75.6 Å². The van der Waals surface area contributed by atoms with E-state index in [0.717, 1.165) is 24.8 Å². The lowest BCUT2D eigenvalue weighted by molar-refractivity contribution is -0.0659. The maximum absolute atomic E-state index is 12.5. The normalized spacial score (nSPS) is 17.5. The molecule has 1 aliphatic rings. The van der Waals surface area contributed by atoms with Crippen LogP contribution in [0.4, 0.5) is 0 Å². The van der Waals surface area contributed by atoms with Gasteiger partial charge in [0.1, 0.15) is 0 Å². The first-order valence-corrected chi connectivity index (χ1v) is 8.58. The summed E-state index contributed by atoms with van der Waals surface area (Å²) in [4.78, 5) is 0.233. The zero-order valence-electron chi connectivity index (χ0n) is 12.8. The molecule has 118 valence electrons. The first-order valence-electron chi connectivity index (χ1n) is 7.09. The van der Waals surface area contributed by atoms with E-state index in [0.29, 0.717) is 11.1 Å². The third-order valence-electron chi connectivity index (χ3n) is 4.43. The smallest absolute Gasteiger partial charge is 0.240 e. The number of rotatable bonds is 6. The van der Waals surface area contributed by atoms with E-state index in [4.69, 9.17) is 4.74 Å². The van der Waals surface area contributed by atoms with E-state index in [-0.39, 0.29) is 23.6 Å². The van der Waals surface area contributed by atoms with Crippen molar-refractivity contribution in [2.45, 2.75) is 50.2 Å². The molecule has 0 bridgehead atoms. The van der Waals surface area contributed by atoms with Gasteiger partial charge in [-0.3, -0.25) is 0 Å². The summed E-state index contributed by atoms with van der Waals surface area (Å²) in [5.41, 5.74) is 1.81. The molecule has 0 radical (unpaired) electrons. The van der Waals surface area contributed by atoms with Gasteiger partial charge in [-0.2, -0.15) is 0 Å². The summed E-state index contributed by atoms with van der Waals surface area (Å²) in [5.74, 6) is 0. The van der Waals surface area contributed by atoms with Crippen molar-refractivity contribution in [3.63, 3.8) is 0 Å². The Morgan fingerprint density at radius 2 is 2.00 bits per heavy atom. The molecule has 1 aliphatic carbocycles. The minimum Gasteiger partial charge on any atom is -0.392 e. The summed E-state index contributed by atoms with van der Waals surface area (Å²) < 4.78 is 33.1. The average molecular weight is 313 g/mol. The van der Waals surface area contributed by atoms with Gasteiger partial charge in [0.25, 0.3) is 0 Å². The highest BCUT2D eigenvalue weighted by atomic mass is 32.2. The van der Waals surface area contributed by atoms with Crippen molar-refractivity contribution >= 4 is 10.0 Å². The van der Waals surface area contributed by atoms with Crippen molar-refractivity contribution in [3.8, 4) is 0 Å². The van der Waals surface area contributed by atoms with Crippen LogP contribution in [0.3, 0.4) is 0 Å². The Kier molecular flexibility index (Phi) is 4.72. The number of ether oxygens (including phenoxy) is 1. The van der Waals surface area contributed by atoms with Crippen LogP contribution in [0.1, 0.15) is 36.0 Å². The fraction of sp³-hybridized carbons (Fsp3) is 0.600. The number of benzene rings is 1. The van der Waals surface area contributed by atoms with Crippen molar-refractivity contribution in [1.82, 2.24) is 4.72 Å². The number of aryl methyl sites for hydroxylation is 1. The van der Waals surface area contributed by atoms with E-state index in [9.17, 15) is 13.5 Å². The van der Waals surface area contributed by atoms with Gasteiger partial charge < -0.3 is 9.84 Å². The number of aliphatic hydroxyl groups is 1. The van der Waals surface area contributed by atoms with E-state index < -0.39 is 10.0 Å². The van der Waals surface area contributed by atoms with E-state index in [1.807, 2.05) is 6.92 Å². The van der Waals surface area contributed by atoms with Gasteiger partial charge in [0, 0.05) is 13.7 Å². The van der Waals surface area contributed by atoms with Crippen LogP contribution in [-0.4, -0.2) is 32.8 Å². The zero-order chi connectivity index (χ0) is 15.7. The number of hydrogen-bond donors (Lipinski definition) is 2. The van der Waals surface area contributed by atoms with Crippen LogP contribution in [-0.2, 0) is 21.4 Å². The zero-order valence-corrected chi connectivity index (χ0v) is 13.6. The maximum Gasteiger partial charge on any atom is 0.240 e. The van der Waals surface area contributed by atoms with Gasteiger partial charge in [-0.25, -0.2) is 13.1 Å². The van der Waals surface area contributed by atoms with Crippen LogP contribution in [0.15, 0.2) is 17.0 Å². The van der Waals surface area contributed by atoms with Crippen LogP contribution in [0.2, 0.25) is 0 Å². The van der Waals surface area contributed by atoms with E-state index in [2.05, 4.69) is 4.72 Å². The Morgan fingerprint density at radius 1 is 1.33 bits per heavy atom. The molecule has 1 aromatic rings. The Bertz CT molecular complexity index is 615. The number of methoxy groups -OCH3 is 1. The first-order chi connectivity index (χ1) is 9.83. The van der Waals surface area contributed by atoms with Gasteiger partial charge in [0.05, 0.1) is 17.1 Å². The molecule has 1 aromatic carbocycles. The molecule has 0 amide bonds. The quantitative estimate of drug-likeness (QED) is 0.837. The minimum absolute atomic E-state index is 0.175. The van der Waals surface area contributed by atoms with Crippen LogP contribution < -0.4 is 4.72 Å². The number of nitrogens with one attached hydrogen (secondary N) is 1. The van der Waals surface area contributed by atoms with Crippen LogP contribution in [0.5, 0.6) is 0 Å². The van der Waals surface area contributed by atoms with Crippen molar-refractivity contribution in [2.24, 2.45) is 0 Å². The third kappa shape index (κ3) is 3.29. The summed E-state index contributed by atoms with van der Waals surface area (Å²) in [5, 5.41) is 9.25. The highest BCUT2D eigenvalue weighted by Crippen LogP contribution is 2.34.